The van der Waals surface area contributed by atoms with E-state index in [9.17, 15) is 0 Å². The quantitative estimate of drug-likeness (QED) is 0.673. The number of unbranched alkanes of at least 4 members (excludes halogenated alkanes) is 2. The van der Waals surface area contributed by atoms with Crippen LogP contribution < -0.4 is 5.32 Å². The van der Waals surface area contributed by atoms with Gasteiger partial charge in [-0.05, 0) is 24.7 Å². The average molecular weight is 227 g/mol. The monoisotopic (exact) mass is 227 g/mol. The van der Waals surface area contributed by atoms with Crippen molar-refractivity contribution in [2.75, 3.05) is 19.8 Å². The Morgan fingerprint density at radius 1 is 1.19 bits per heavy atom. The van der Waals surface area contributed by atoms with Crippen LogP contribution in [-0.2, 0) is 4.74 Å². The van der Waals surface area contributed by atoms with Gasteiger partial charge in [-0.15, -0.1) is 0 Å². The van der Waals surface area contributed by atoms with Gasteiger partial charge in [0.2, 0.25) is 0 Å². The summed E-state index contributed by atoms with van der Waals surface area (Å²) in [7, 11) is 0. The molecule has 1 aliphatic heterocycles. The van der Waals surface area contributed by atoms with Crippen molar-refractivity contribution in [3.63, 3.8) is 0 Å². The van der Waals surface area contributed by atoms with Gasteiger partial charge in [-0.3, -0.25) is 0 Å². The Hall–Kier alpha value is -0.0800. The summed E-state index contributed by atoms with van der Waals surface area (Å²) in [5.41, 5.74) is 0.525. The molecule has 1 saturated heterocycles. The molecule has 0 bridgehead atoms. The lowest BCUT2D eigenvalue weighted by atomic mass is 9.75. The van der Waals surface area contributed by atoms with Crippen LogP contribution in [0.15, 0.2) is 0 Å². The summed E-state index contributed by atoms with van der Waals surface area (Å²) in [6, 6.07) is 0.603. The van der Waals surface area contributed by atoms with E-state index in [0.29, 0.717) is 11.5 Å². The highest BCUT2D eigenvalue weighted by Crippen LogP contribution is 2.35. The lowest BCUT2D eigenvalue weighted by Gasteiger charge is -2.38. The minimum Gasteiger partial charge on any atom is -0.381 e. The summed E-state index contributed by atoms with van der Waals surface area (Å²) in [5.74, 6) is 0. The highest BCUT2D eigenvalue weighted by Gasteiger charge is 2.31. The third kappa shape index (κ3) is 4.84. The van der Waals surface area contributed by atoms with Crippen molar-refractivity contribution >= 4 is 0 Å². The first-order valence-corrected chi connectivity index (χ1v) is 7.00. The van der Waals surface area contributed by atoms with Crippen LogP contribution in [0.4, 0.5) is 0 Å². The van der Waals surface area contributed by atoms with Crippen molar-refractivity contribution in [3.8, 4) is 0 Å². The molecule has 0 spiro atoms. The van der Waals surface area contributed by atoms with Crippen molar-refractivity contribution in [2.45, 2.75) is 65.3 Å². The number of nitrogens with one attached hydrogen (secondary N) is 1. The molecule has 96 valence electrons. The molecule has 2 heteroatoms. The van der Waals surface area contributed by atoms with Gasteiger partial charge < -0.3 is 10.1 Å². The Labute approximate surface area is 101 Å². The summed E-state index contributed by atoms with van der Waals surface area (Å²) >= 11 is 0. The molecule has 1 aliphatic rings. The van der Waals surface area contributed by atoms with Crippen LogP contribution in [-0.4, -0.2) is 25.8 Å². The maximum absolute atomic E-state index is 5.51. The first-order chi connectivity index (χ1) is 7.68. The van der Waals surface area contributed by atoms with Crippen molar-refractivity contribution in [1.82, 2.24) is 5.32 Å². The molecule has 2 nitrogen and oxygen atoms in total. The van der Waals surface area contributed by atoms with E-state index in [-0.39, 0.29) is 0 Å². The number of hydrogen-bond acceptors (Lipinski definition) is 2. The molecule has 0 atom stereocenters. The lowest BCUT2D eigenvalue weighted by Crippen LogP contribution is -2.41. The zero-order chi connectivity index (χ0) is 11.9. The van der Waals surface area contributed by atoms with E-state index >= 15 is 0 Å². The summed E-state index contributed by atoms with van der Waals surface area (Å²) in [6.45, 7) is 9.86. The minimum absolute atomic E-state index is 0.525. The van der Waals surface area contributed by atoms with Gasteiger partial charge in [0.1, 0.15) is 0 Å². The van der Waals surface area contributed by atoms with Crippen LogP contribution >= 0.6 is 0 Å². The molecule has 0 radical (unpaired) electrons. The molecule has 0 aromatic heterocycles. The fraction of sp³-hybridized carbons (Fsp3) is 1.00. The Balaban J connectivity index is 2.39. The molecule has 1 rings (SSSR count). The van der Waals surface area contributed by atoms with Crippen LogP contribution in [0.3, 0.4) is 0 Å². The van der Waals surface area contributed by atoms with E-state index in [1.165, 1.54) is 45.1 Å². The third-order valence-electron chi connectivity index (χ3n) is 3.75. The highest BCUT2D eigenvalue weighted by atomic mass is 16.5. The lowest BCUT2D eigenvalue weighted by molar-refractivity contribution is 0.00832. The Morgan fingerprint density at radius 2 is 1.88 bits per heavy atom. The standard InChI is InChI=1S/C14H29NO/c1-4-5-6-7-14(12-15-13(2)3)8-10-16-11-9-14/h13,15H,4-12H2,1-3H3. The summed E-state index contributed by atoms with van der Waals surface area (Å²) in [6.07, 6.45) is 7.96. The molecule has 0 aromatic carbocycles. The van der Waals surface area contributed by atoms with Crippen molar-refractivity contribution < 1.29 is 4.74 Å². The summed E-state index contributed by atoms with van der Waals surface area (Å²) in [4.78, 5) is 0. The van der Waals surface area contributed by atoms with Gasteiger partial charge in [0, 0.05) is 25.8 Å². The minimum atomic E-state index is 0.525. The predicted octanol–water partition coefficient (Wildman–Crippen LogP) is 3.36. The normalized spacial score (nSPS) is 20.2. The molecule has 1 N–H and O–H groups in total. The van der Waals surface area contributed by atoms with Crippen molar-refractivity contribution in [1.29, 1.82) is 0 Å². The van der Waals surface area contributed by atoms with Gasteiger partial charge in [0.05, 0.1) is 0 Å². The molecule has 16 heavy (non-hydrogen) atoms. The van der Waals surface area contributed by atoms with Crippen molar-refractivity contribution in [3.05, 3.63) is 0 Å². The Bertz CT molecular complexity index is 174. The van der Waals surface area contributed by atoms with Gasteiger partial charge in [-0.1, -0.05) is 40.0 Å². The SMILES string of the molecule is CCCCCC1(CNC(C)C)CCOCC1. The third-order valence-corrected chi connectivity index (χ3v) is 3.75. The molecule has 0 aliphatic carbocycles. The second-order valence-corrected chi connectivity index (χ2v) is 5.61. The Kier molecular flexibility index (Phi) is 6.37. The van der Waals surface area contributed by atoms with Gasteiger partial charge in [0.25, 0.3) is 0 Å². The molecule has 1 fully saturated rings. The smallest absolute Gasteiger partial charge is 0.0471 e. The Morgan fingerprint density at radius 3 is 2.44 bits per heavy atom. The fourth-order valence-electron chi connectivity index (χ4n) is 2.49. The van der Waals surface area contributed by atoms with Gasteiger partial charge in [-0.25, -0.2) is 0 Å². The second kappa shape index (κ2) is 7.29. The van der Waals surface area contributed by atoms with E-state index in [1.54, 1.807) is 0 Å². The first kappa shape index (κ1) is 14.0. The van der Waals surface area contributed by atoms with E-state index in [1.807, 2.05) is 0 Å². The first-order valence-electron chi connectivity index (χ1n) is 7.00. The topological polar surface area (TPSA) is 21.3 Å². The largest absolute Gasteiger partial charge is 0.381 e. The van der Waals surface area contributed by atoms with Gasteiger partial charge in [-0.2, -0.15) is 0 Å². The van der Waals surface area contributed by atoms with E-state index < -0.39 is 0 Å². The van der Waals surface area contributed by atoms with Crippen LogP contribution in [0.1, 0.15) is 59.3 Å². The molecular formula is C14H29NO. The van der Waals surface area contributed by atoms with Gasteiger partial charge in [0.15, 0.2) is 0 Å². The zero-order valence-electron chi connectivity index (χ0n) is 11.3. The molecule has 0 amide bonds. The van der Waals surface area contributed by atoms with Crippen molar-refractivity contribution in [2.24, 2.45) is 5.41 Å². The molecule has 0 saturated carbocycles. The molecule has 0 aromatic rings. The molecule has 0 unspecified atom stereocenters. The number of rotatable bonds is 7. The molecule has 1 heterocycles. The highest BCUT2D eigenvalue weighted by molar-refractivity contribution is 4.84. The average Bonchev–Trinajstić information content (AvgIpc) is 2.28. The fourth-order valence-corrected chi connectivity index (χ4v) is 2.49. The van der Waals surface area contributed by atoms with Crippen LogP contribution in [0.25, 0.3) is 0 Å². The van der Waals surface area contributed by atoms with E-state index in [4.69, 9.17) is 4.74 Å². The summed E-state index contributed by atoms with van der Waals surface area (Å²) < 4.78 is 5.51. The van der Waals surface area contributed by atoms with Crippen LogP contribution in [0.5, 0.6) is 0 Å². The van der Waals surface area contributed by atoms with Gasteiger partial charge >= 0.3 is 0 Å². The maximum atomic E-state index is 5.51. The second-order valence-electron chi connectivity index (χ2n) is 5.61. The zero-order valence-corrected chi connectivity index (χ0v) is 11.3. The predicted molar refractivity (Wildman–Crippen MR) is 69.8 cm³/mol. The van der Waals surface area contributed by atoms with E-state index in [0.717, 1.165) is 13.2 Å². The maximum Gasteiger partial charge on any atom is 0.0471 e. The number of hydrogen-bond donors (Lipinski definition) is 1. The molecular weight excluding hydrogens is 198 g/mol. The van der Waals surface area contributed by atoms with Crippen LogP contribution in [0.2, 0.25) is 0 Å². The number of ether oxygens (including phenoxy) is 1. The van der Waals surface area contributed by atoms with Crippen LogP contribution in [0, 0.1) is 5.41 Å². The summed E-state index contributed by atoms with van der Waals surface area (Å²) in [5, 5.41) is 3.63. The van der Waals surface area contributed by atoms with E-state index in [2.05, 4.69) is 26.1 Å².